The van der Waals surface area contributed by atoms with Gasteiger partial charge in [0.25, 0.3) is 0 Å². The number of Topliss-reactive ketones (excluding diaryl/α,β-unsaturated/α-hetero) is 1. The van der Waals surface area contributed by atoms with E-state index >= 15 is 0 Å². The van der Waals surface area contributed by atoms with Crippen LogP contribution in [0.15, 0.2) is 42.6 Å². The third kappa shape index (κ3) is 3.01. The fourth-order valence-electron chi connectivity index (χ4n) is 2.70. The van der Waals surface area contributed by atoms with Gasteiger partial charge in [-0.2, -0.15) is 0 Å². The van der Waals surface area contributed by atoms with E-state index in [0.717, 1.165) is 17.7 Å². The van der Waals surface area contributed by atoms with Crippen molar-refractivity contribution in [1.82, 2.24) is 4.98 Å². The van der Waals surface area contributed by atoms with Gasteiger partial charge in [-0.3, -0.25) is 9.78 Å². The number of ether oxygens (including phenoxy) is 1. The van der Waals surface area contributed by atoms with Crippen LogP contribution in [0.5, 0.6) is 0 Å². The van der Waals surface area contributed by atoms with Gasteiger partial charge in [0, 0.05) is 24.7 Å². The molecule has 1 aromatic heterocycles. The van der Waals surface area contributed by atoms with Crippen LogP contribution in [0, 0.1) is 0 Å². The van der Waals surface area contributed by atoms with E-state index in [1.807, 2.05) is 18.2 Å². The number of benzene rings is 1. The molecule has 1 unspecified atom stereocenters. The SMILES string of the molecule is NCc1cc(C(=O)CC2OCCc3ccccc32)ccn1. The molecule has 0 aliphatic carbocycles. The first-order valence-corrected chi connectivity index (χ1v) is 7.15. The first-order chi connectivity index (χ1) is 10.3. The molecule has 0 spiro atoms. The summed E-state index contributed by atoms with van der Waals surface area (Å²) >= 11 is 0. The third-order valence-electron chi connectivity index (χ3n) is 3.81. The molecule has 2 aromatic rings. The average molecular weight is 282 g/mol. The van der Waals surface area contributed by atoms with Crippen molar-refractivity contribution >= 4 is 5.78 Å². The van der Waals surface area contributed by atoms with Crippen LogP contribution < -0.4 is 5.73 Å². The Morgan fingerprint density at radius 2 is 2.19 bits per heavy atom. The van der Waals surface area contributed by atoms with Gasteiger partial charge in [0.2, 0.25) is 0 Å². The highest BCUT2D eigenvalue weighted by Crippen LogP contribution is 2.30. The monoisotopic (exact) mass is 282 g/mol. The number of ketones is 1. The van der Waals surface area contributed by atoms with Crippen molar-refractivity contribution in [3.8, 4) is 0 Å². The molecule has 0 bridgehead atoms. The number of carbonyl (C=O) groups excluding carboxylic acids is 1. The van der Waals surface area contributed by atoms with Crippen molar-refractivity contribution < 1.29 is 9.53 Å². The highest BCUT2D eigenvalue weighted by Gasteiger charge is 2.23. The molecule has 3 rings (SSSR count). The lowest BCUT2D eigenvalue weighted by Gasteiger charge is -2.25. The number of pyridine rings is 1. The number of carbonyl (C=O) groups is 1. The molecule has 2 N–H and O–H groups in total. The van der Waals surface area contributed by atoms with E-state index in [4.69, 9.17) is 10.5 Å². The minimum absolute atomic E-state index is 0.0637. The first-order valence-electron chi connectivity index (χ1n) is 7.15. The quantitative estimate of drug-likeness (QED) is 0.875. The van der Waals surface area contributed by atoms with Crippen molar-refractivity contribution in [1.29, 1.82) is 0 Å². The van der Waals surface area contributed by atoms with Gasteiger partial charge in [0.05, 0.1) is 18.4 Å². The maximum atomic E-state index is 12.4. The zero-order valence-corrected chi connectivity index (χ0v) is 11.8. The van der Waals surface area contributed by atoms with Crippen LogP contribution in [0.2, 0.25) is 0 Å². The summed E-state index contributed by atoms with van der Waals surface area (Å²) in [5.74, 6) is 0.0637. The molecule has 0 saturated carbocycles. The van der Waals surface area contributed by atoms with Gasteiger partial charge in [0.15, 0.2) is 5.78 Å². The molecule has 21 heavy (non-hydrogen) atoms. The number of nitrogens with two attached hydrogens (primary N) is 1. The molecule has 0 amide bonds. The van der Waals surface area contributed by atoms with E-state index in [9.17, 15) is 4.79 Å². The first kappa shape index (κ1) is 13.9. The van der Waals surface area contributed by atoms with Crippen LogP contribution in [-0.2, 0) is 17.7 Å². The zero-order valence-electron chi connectivity index (χ0n) is 11.8. The predicted octanol–water partition coefficient (Wildman–Crippen LogP) is 2.43. The smallest absolute Gasteiger partial charge is 0.165 e. The maximum absolute atomic E-state index is 12.4. The number of rotatable bonds is 4. The highest BCUT2D eigenvalue weighted by atomic mass is 16.5. The Bertz CT molecular complexity index is 655. The Labute approximate surface area is 124 Å². The summed E-state index contributed by atoms with van der Waals surface area (Å²) in [6.07, 6.45) is 2.74. The summed E-state index contributed by atoms with van der Waals surface area (Å²) in [6.45, 7) is 1.00. The molecule has 4 nitrogen and oxygen atoms in total. The average Bonchev–Trinajstić information content (AvgIpc) is 2.55. The van der Waals surface area contributed by atoms with Crippen LogP contribution in [0.4, 0.5) is 0 Å². The van der Waals surface area contributed by atoms with E-state index in [1.54, 1.807) is 18.3 Å². The van der Waals surface area contributed by atoms with Crippen molar-refractivity contribution in [2.75, 3.05) is 6.61 Å². The number of hydrogen-bond donors (Lipinski definition) is 1. The highest BCUT2D eigenvalue weighted by molar-refractivity contribution is 5.96. The van der Waals surface area contributed by atoms with Crippen molar-refractivity contribution in [3.63, 3.8) is 0 Å². The minimum atomic E-state index is -0.156. The summed E-state index contributed by atoms with van der Waals surface area (Å²) in [7, 11) is 0. The van der Waals surface area contributed by atoms with Gasteiger partial charge in [-0.1, -0.05) is 24.3 Å². The molecular formula is C17H18N2O2. The van der Waals surface area contributed by atoms with Gasteiger partial charge in [-0.05, 0) is 29.7 Å². The Balaban J connectivity index is 1.79. The maximum Gasteiger partial charge on any atom is 0.165 e. The van der Waals surface area contributed by atoms with Gasteiger partial charge in [-0.25, -0.2) is 0 Å². The second-order valence-corrected chi connectivity index (χ2v) is 5.18. The molecule has 1 aliphatic rings. The Morgan fingerprint density at radius 3 is 3.05 bits per heavy atom. The minimum Gasteiger partial charge on any atom is -0.373 e. The summed E-state index contributed by atoms with van der Waals surface area (Å²) in [5, 5.41) is 0. The summed E-state index contributed by atoms with van der Waals surface area (Å²) < 4.78 is 5.79. The van der Waals surface area contributed by atoms with Gasteiger partial charge >= 0.3 is 0 Å². The van der Waals surface area contributed by atoms with Gasteiger partial charge in [0.1, 0.15) is 0 Å². The zero-order chi connectivity index (χ0) is 14.7. The van der Waals surface area contributed by atoms with E-state index < -0.39 is 0 Å². The van der Waals surface area contributed by atoms with Crippen LogP contribution in [-0.4, -0.2) is 17.4 Å². The summed E-state index contributed by atoms with van der Waals surface area (Å²) in [6, 6.07) is 11.7. The standard InChI is InChI=1S/C17H18N2O2/c18-11-14-9-13(5-7-19-14)16(20)10-17-15-4-2-1-3-12(15)6-8-21-17/h1-5,7,9,17H,6,8,10-11,18H2. The normalized spacial score (nSPS) is 17.3. The topological polar surface area (TPSA) is 65.2 Å². The van der Waals surface area contributed by atoms with E-state index in [1.165, 1.54) is 5.56 Å². The number of nitrogens with zero attached hydrogens (tertiary/aromatic N) is 1. The lowest BCUT2D eigenvalue weighted by atomic mass is 9.93. The van der Waals surface area contributed by atoms with E-state index in [0.29, 0.717) is 25.1 Å². The third-order valence-corrected chi connectivity index (χ3v) is 3.81. The van der Waals surface area contributed by atoms with Crippen molar-refractivity contribution in [3.05, 3.63) is 65.0 Å². The molecule has 1 aromatic carbocycles. The lowest BCUT2D eigenvalue weighted by Crippen LogP contribution is -2.19. The molecule has 0 radical (unpaired) electrons. The van der Waals surface area contributed by atoms with E-state index in [2.05, 4.69) is 11.1 Å². The molecular weight excluding hydrogens is 264 g/mol. The van der Waals surface area contributed by atoms with Crippen LogP contribution in [0.1, 0.15) is 39.7 Å². The number of fused-ring (bicyclic) bond motifs is 1. The lowest BCUT2D eigenvalue weighted by molar-refractivity contribution is 0.0352. The summed E-state index contributed by atoms with van der Waals surface area (Å²) in [4.78, 5) is 16.6. The summed E-state index contributed by atoms with van der Waals surface area (Å²) in [5.41, 5.74) is 9.35. The molecule has 4 heteroatoms. The van der Waals surface area contributed by atoms with Crippen molar-refractivity contribution in [2.45, 2.75) is 25.5 Å². The van der Waals surface area contributed by atoms with Crippen molar-refractivity contribution in [2.24, 2.45) is 5.73 Å². The second-order valence-electron chi connectivity index (χ2n) is 5.18. The number of hydrogen-bond acceptors (Lipinski definition) is 4. The molecule has 0 fully saturated rings. The van der Waals surface area contributed by atoms with Crippen LogP contribution in [0.25, 0.3) is 0 Å². The van der Waals surface area contributed by atoms with Gasteiger partial charge in [-0.15, -0.1) is 0 Å². The predicted molar refractivity (Wildman–Crippen MR) is 79.9 cm³/mol. The van der Waals surface area contributed by atoms with Crippen LogP contribution in [0.3, 0.4) is 0 Å². The Kier molecular flexibility index (Phi) is 4.08. The Morgan fingerprint density at radius 1 is 1.33 bits per heavy atom. The molecule has 1 atom stereocenters. The molecule has 1 aliphatic heterocycles. The van der Waals surface area contributed by atoms with Gasteiger partial charge < -0.3 is 10.5 Å². The molecule has 108 valence electrons. The largest absolute Gasteiger partial charge is 0.373 e. The molecule has 0 saturated heterocycles. The number of aromatic nitrogens is 1. The molecule has 2 heterocycles. The second kappa shape index (κ2) is 6.16. The fraction of sp³-hybridized carbons (Fsp3) is 0.294. The fourth-order valence-corrected chi connectivity index (χ4v) is 2.70. The van der Waals surface area contributed by atoms with E-state index in [-0.39, 0.29) is 11.9 Å². The Hall–Kier alpha value is -2.04. The van der Waals surface area contributed by atoms with Crippen LogP contribution >= 0.6 is 0 Å².